The first kappa shape index (κ1) is 22.8. The summed E-state index contributed by atoms with van der Waals surface area (Å²) >= 11 is 6.20. The van der Waals surface area contributed by atoms with Crippen LogP contribution in [0.5, 0.6) is 0 Å². The zero-order valence-corrected chi connectivity index (χ0v) is 19.5. The molecule has 4 atom stereocenters. The predicted molar refractivity (Wildman–Crippen MR) is 131 cm³/mol. The summed E-state index contributed by atoms with van der Waals surface area (Å²) in [7, 11) is 0. The maximum atomic E-state index is 13.7. The number of carbonyl (C=O) groups is 2. The lowest BCUT2D eigenvalue weighted by molar-refractivity contribution is -0.137. The first-order valence-electron chi connectivity index (χ1n) is 11.5. The maximum Gasteiger partial charge on any atom is 0.416 e. The van der Waals surface area contributed by atoms with E-state index in [9.17, 15) is 22.8 Å². The molecule has 1 saturated heterocycles. The number of hydrogen-bond acceptors (Lipinski definition) is 2. The summed E-state index contributed by atoms with van der Waals surface area (Å²) in [5, 5.41) is -0.0741. The third-order valence-electron chi connectivity index (χ3n) is 7.34. The molecule has 180 valence electrons. The number of imide groups is 1. The van der Waals surface area contributed by atoms with Crippen LogP contribution in [-0.4, -0.2) is 11.8 Å². The topological polar surface area (TPSA) is 37.4 Å². The van der Waals surface area contributed by atoms with Gasteiger partial charge in [-0.25, -0.2) is 4.90 Å². The van der Waals surface area contributed by atoms with E-state index in [-0.39, 0.29) is 22.5 Å². The minimum atomic E-state index is -4.63. The molecule has 3 aliphatic rings. The highest BCUT2D eigenvalue weighted by atomic mass is 35.5. The second-order valence-corrected chi connectivity index (χ2v) is 9.63. The SMILES string of the molecule is O=C1[C@H]2[C@H](C(=O)N1c1cc(C(F)(F)F)ccc1Cl)[C@H]1C=C[C@@H]2C1=C(c1ccccc1)c1ccccc1. The fourth-order valence-electron chi connectivity index (χ4n) is 5.90. The molecule has 7 heteroatoms. The molecule has 2 fully saturated rings. The molecule has 36 heavy (non-hydrogen) atoms. The second-order valence-electron chi connectivity index (χ2n) is 9.23. The number of amides is 2. The molecule has 1 aliphatic heterocycles. The average Bonchev–Trinajstić information content (AvgIpc) is 3.50. The maximum absolute atomic E-state index is 13.7. The Bertz CT molecular complexity index is 1370. The van der Waals surface area contributed by atoms with Crippen molar-refractivity contribution in [3.05, 3.63) is 118 Å². The molecule has 0 N–H and O–H groups in total. The van der Waals surface area contributed by atoms with Crippen LogP contribution in [-0.2, 0) is 15.8 Å². The Kier molecular flexibility index (Phi) is 5.20. The second kappa shape index (κ2) is 8.20. The van der Waals surface area contributed by atoms with Crippen molar-refractivity contribution in [3.8, 4) is 0 Å². The zero-order chi connectivity index (χ0) is 25.2. The quantitative estimate of drug-likeness (QED) is 0.290. The van der Waals surface area contributed by atoms with Crippen LogP contribution in [0.1, 0.15) is 16.7 Å². The number of anilines is 1. The average molecular weight is 506 g/mol. The number of benzene rings is 3. The van der Waals surface area contributed by atoms with Crippen molar-refractivity contribution < 1.29 is 22.8 Å². The van der Waals surface area contributed by atoms with Gasteiger partial charge in [0.1, 0.15) is 0 Å². The number of rotatable bonds is 3. The van der Waals surface area contributed by atoms with Gasteiger partial charge in [-0.05, 0) is 40.5 Å². The largest absolute Gasteiger partial charge is 0.416 e. The van der Waals surface area contributed by atoms with E-state index in [0.717, 1.165) is 45.4 Å². The van der Waals surface area contributed by atoms with Gasteiger partial charge in [0.2, 0.25) is 11.8 Å². The summed E-state index contributed by atoms with van der Waals surface area (Å²) < 4.78 is 40.1. The van der Waals surface area contributed by atoms with Crippen LogP contribution in [0.25, 0.3) is 5.57 Å². The van der Waals surface area contributed by atoms with E-state index in [4.69, 9.17) is 11.6 Å². The minimum Gasteiger partial charge on any atom is -0.274 e. The monoisotopic (exact) mass is 505 g/mol. The lowest BCUT2D eigenvalue weighted by Crippen LogP contribution is -2.33. The molecule has 1 heterocycles. The highest BCUT2D eigenvalue weighted by Crippen LogP contribution is 2.59. The molecule has 6 rings (SSSR count). The summed E-state index contributed by atoms with van der Waals surface area (Å²) in [6.07, 6.45) is -0.720. The van der Waals surface area contributed by atoms with Gasteiger partial charge in [0.25, 0.3) is 0 Å². The molecule has 3 aromatic rings. The van der Waals surface area contributed by atoms with Crippen LogP contribution in [0.3, 0.4) is 0 Å². The Morgan fingerprint density at radius 1 is 0.750 bits per heavy atom. The molecule has 0 radical (unpaired) electrons. The number of alkyl halides is 3. The van der Waals surface area contributed by atoms with Crippen molar-refractivity contribution >= 4 is 34.7 Å². The lowest BCUT2D eigenvalue weighted by atomic mass is 9.85. The number of hydrogen-bond donors (Lipinski definition) is 0. The summed E-state index contributed by atoms with van der Waals surface area (Å²) in [5.74, 6) is -3.06. The van der Waals surface area contributed by atoms with E-state index in [1.165, 1.54) is 0 Å². The third-order valence-corrected chi connectivity index (χ3v) is 7.66. The van der Waals surface area contributed by atoms with Gasteiger partial charge >= 0.3 is 6.18 Å². The van der Waals surface area contributed by atoms with E-state index < -0.39 is 35.4 Å². The Morgan fingerprint density at radius 2 is 1.25 bits per heavy atom. The number of fused-ring (bicyclic) bond motifs is 5. The number of halogens is 4. The highest BCUT2D eigenvalue weighted by Gasteiger charge is 2.62. The van der Waals surface area contributed by atoms with Gasteiger partial charge < -0.3 is 0 Å². The fraction of sp³-hybridized carbons (Fsp3) is 0.172. The van der Waals surface area contributed by atoms with E-state index in [1.54, 1.807) is 0 Å². The van der Waals surface area contributed by atoms with Crippen LogP contribution in [0, 0.1) is 23.7 Å². The van der Waals surface area contributed by atoms with Crippen LogP contribution in [0.2, 0.25) is 5.02 Å². The van der Waals surface area contributed by atoms with E-state index >= 15 is 0 Å². The molecule has 1 saturated carbocycles. The van der Waals surface area contributed by atoms with Gasteiger partial charge in [0.15, 0.2) is 0 Å². The van der Waals surface area contributed by atoms with Crippen molar-refractivity contribution in [1.82, 2.24) is 0 Å². The van der Waals surface area contributed by atoms with Gasteiger partial charge in [-0.2, -0.15) is 13.2 Å². The van der Waals surface area contributed by atoms with Gasteiger partial charge in [-0.15, -0.1) is 0 Å². The normalized spacial score (nSPS) is 24.6. The smallest absolute Gasteiger partial charge is 0.274 e. The summed E-state index contributed by atoms with van der Waals surface area (Å²) in [6, 6.07) is 22.3. The molecule has 0 aromatic heterocycles. The van der Waals surface area contributed by atoms with E-state index in [1.807, 2.05) is 72.8 Å². The van der Waals surface area contributed by atoms with Crippen LogP contribution >= 0.6 is 11.6 Å². The van der Waals surface area contributed by atoms with Crippen molar-refractivity contribution in [2.24, 2.45) is 23.7 Å². The number of carbonyl (C=O) groups excluding carboxylic acids is 2. The molecule has 0 unspecified atom stereocenters. The van der Waals surface area contributed by atoms with Gasteiger partial charge in [-0.3, -0.25) is 9.59 Å². The number of allylic oxidation sites excluding steroid dienone is 3. The summed E-state index contributed by atoms with van der Waals surface area (Å²) in [6.45, 7) is 0. The minimum absolute atomic E-state index is 0.0741. The number of nitrogens with zero attached hydrogens (tertiary/aromatic N) is 1. The standard InChI is InChI=1S/C29H19ClF3NO2/c30-21-14-11-18(29(31,32)33)15-22(21)34-27(35)25-19-12-13-20(26(25)28(34)36)24(19)23(16-7-3-1-4-8-16)17-9-5-2-6-10-17/h1-15,19-20,25-26H/t19-,20+,25-,26-/m1/s1. The highest BCUT2D eigenvalue weighted by molar-refractivity contribution is 6.36. The van der Waals surface area contributed by atoms with Crippen LogP contribution in [0.15, 0.2) is 96.6 Å². The van der Waals surface area contributed by atoms with E-state index in [0.29, 0.717) is 0 Å². The molecule has 0 spiro atoms. The van der Waals surface area contributed by atoms with Crippen molar-refractivity contribution in [2.75, 3.05) is 4.90 Å². The summed E-state index contributed by atoms with van der Waals surface area (Å²) in [4.78, 5) is 28.2. The zero-order valence-electron chi connectivity index (χ0n) is 18.7. The van der Waals surface area contributed by atoms with Crippen molar-refractivity contribution in [3.63, 3.8) is 0 Å². The van der Waals surface area contributed by atoms with Gasteiger partial charge in [0, 0.05) is 11.8 Å². The van der Waals surface area contributed by atoms with Crippen LogP contribution < -0.4 is 4.90 Å². The molecule has 3 nitrogen and oxygen atoms in total. The summed E-state index contributed by atoms with van der Waals surface area (Å²) in [5.41, 5.74) is 2.77. The lowest BCUT2D eigenvalue weighted by Gasteiger charge is -2.23. The Hall–Kier alpha value is -3.64. The molecule has 2 aliphatic carbocycles. The first-order chi connectivity index (χ1) is 17.3. The first-order valence-corrected chi connectivity index (χ1v) is 11.9. The molecule has 3 aromatic carbocycles. The third kappa shape index (κ3) is 3.35. The molecular formula is C29H19ClF3NO2. The molecule has 2 amide bonds. The molecular weight excluding hydrogens is 487 g/mol. The Balaban J connectivity index is 1.47. The van der Waals surface area contributed by atoms with Crippen molar-refractivity contribution in [2.45, 2.75) is 6.18 Å². The van der Waals surface area contributed by atoms with Gasteiger partial charge in [0.05, 0.1) is 28.1 Å². The fourth-order valence-corrected chi connectivity index (χ4v) is 6.11. The Morgan fingerprint density at radius 3 is 1.72 bits per heavy atom. The Labute approximate surface area is 210 Å². The molecule has 2 bridgehead atoms. The van der Waals surface area contributed by atoms with Gasteiger partial charge in [-0.1, -0.05) is 84.4 Å². The van der Waals surface area contributed by atoms with Crippen LogP contribution in [0.4, 0.5) is 18.9 Å². The van der Waals surface area contributed by atoms with E-state index in [2.05, 4.69) is 0 Å². The predicted octanol–water partition coefficient (Wildman–Crippen LogP) is 6.78. The van der Waals surface area contributed by atoms with Crippen molar-refractivity contribution in [1.29, 1.82) is 0 Å².